The van der Waals surface area contributed by atoms with E-state index in [-0.39, 0.29) is 0 Å². The Bertz CT molecular complexity index is 332. The topological polar surface area (TPSA) is 51.6 Å². The molecule has 1 fully saturated rings. The molecule has 1 saturated heterocycles. The highest BCUT2D eigenvalue weighted by Crippen LogP contribution is 2.17. The molecule has 0 saturated carbocycles. The molecule has 4 heteroatoms. The van der Waals surface area contributed by atoms with Crippen LogP contribution in [0, 0.1) is 5.92 Å². The van der Waals surface area contributed by atoms with E-state index in [0.717, 1.165) is 32.1 Å². The number of ether oxygens (including phenoxy) is 1. The second-order valence-electron chi connectivity index (χ2n) is 4.85. The molecule has 1 aromatic heterocycles. The molecule has 0 spiro atoms. The Labute approximate surface area is 103 Å². The maximum absolute atomic E-state index is 5.62. The summed E-state index contributed by atoms with van der Waals surface area (Å²) in [6.07, 6.45) is 4.19. The van der Waals surface area contributed by atoms with E-state index < -0.39 is 0 Å². The molecule has 0 bridgehead atoms. The van der Waals surface area contributed by atoms with Gasteiger partial charge in [0.1, 0.15) is 5.76 Å². The van der Waals surface area contributed by atoms with Crippen LogP contribution in [0.3, 0.4) is 0 Å². The summed E-state index contributed by atoms with van der Waals surface area (Å²) in [5.74, 6) is 1.57. The van der Waals surface area contributed by atoms with Gasteiger partial charge in [0.05, 0.1) is 19.4 Å². The minimum absolute atomic E-state index is 0.475. The van der Waals surface area contributed by atoms with Crippen molar-refractivity contribution < 1.29 is 9.15 Å². The molecule has 1 aliphatic heterocycles. The highest BCUT2D eigenvalue weighted by molar-refractivity contribution is 5.16. The van der Waals surface area contributed by atoms with E-state index in [4.69, 9.17) is 14.9 Å². The van der Waals surface area contributed by atoms with Crippen LogP contribution in [0.1, 0.15) is 24.2 Å². The lowest BCUT2D eigenvalue weighted by Gasteiger charge is -2.27. The van der Waals surface area contributed by atoms with Crippen LogP contribution in [0.5, 0.6) is 0 Å². The van der Waals surface area contributed by atoms with Crippen LogP contribution < -0.4 is 5.73 Å². The fraction of sp³-hybridized carbons (Fsp3) is 0.692. The van der Waals surface area contributed by atoms with Gasteiger partial charge in [-0.15, -0.1) is 0 Å². The fourth-order valence-electron chi connectivity index (χ4n) is 2.43. The first-order valence-electron chi connectivity index (χ1n) is 6.31. The Balaban J connectivity index is 1.82. The average molecular weight is 238 g/mol. The SMILES string of the molecule is CN(Cc1ccoc1CN)CC1CCCOC1. The fourth-order valence-corrected chi connectivity index (χ4v) is 2.43. The lowest BCUT2D eigenvalue weighted by atomic mass is 10.0. The predicted octanol–water partition coefficient (Wildman–Crippen LogP) is 1.60. The number of furan rings is 1. The highest BCUT2D eigenvalue weighted by Gasteiger charge is 2.16. The van der Waals surface area contributed by atoms with Crippen LogP contribution in [0.15, 0.2) is 16.7 Å². The molecule has 96 valence electrons. The first kappa shape index (κ1) is 12.6. The molecule has 0 aromatic carbocycles. The van der Waals surface area contributed by atoms with Gasteiger partial charge < -0.3 is 19.8 Å². The van der Waals surface area contributed by atoms with Crippen molar-refractivity contribution in [2.75, 3.05) is 26.8 Å². The van der Waals surface area contributed by atoms with Gasteiger partial charge in [0.15, 0.2) is 0 Å². The molecule has 1 unspecified atom stereocenters. The molecule has 1 aromatic rings. The van der Waals surface area contributed by atoms with Crippen molar-refractivity contribution >= 4 is 0 Å². The second-order valence-corrected chi connectivity index (χ2v) is 4.85. The Hall–Kier alpha value is -0.840. The quantitative estimate of drug-likeness (QED) is 0.846. The van der Waals surface area contributed by atoms with E-state index in [0.29, 0.717) is 12.5 Å². The molecule has 17 heavy (non-hydrogen) atoms. The van der Waals surface area contributed by atoms with Gasteiger partial charge in [-0.3, -0.25) is 0 Å². The third kappa shape index (κ3) is 3.56. The molecule has 0 aliphatic carbocycles. The van der Waals surface area contributed by atoms with E-state index in [2.05, 4.69) is 11.9 Å². The maximum atomic E-state index is 5.62. The van der Waals surface area contributed by atoms with Gasteiger partial charge in [-0.05, 0) is 31.9 Å². The number of hydrogen-bond acceptors (Lipinski definition) is 4. The summed E-state index contributed by atoms with van der Waals surface area (Å²) in [6, 6.07) is 2.01. The normalized spacial score (nSPS) is 21.0. The van der Waals surface area contributed by atoms with Crippen LogP contribution in [0.25, 0.3) is 0 Å². The molecular weight excluding hydrogens is 216 g/mol. The predicted molar refractivity (Wildman–Crippen MR) is 66.5 cm³/mol. The smallest absolute Gasteiger partial charge is 0.121 e. The third-order valence-electron chi connectivity index (χ3n) is 3.29. The van der Waals surface area contributed by atoms with Crippen molar-refractivity contribution in [1.82, 2.24) is 4.90 Å². The van der Waals surface area contributed by atoms with E-state index in [1.807, 2.05) is 6.07 Å². The van der Waals surface area contributed by atoms with Gasteiger partial charge >= 0.3 is 0 Å². The summed E-state index contributed by atoms with van der Waals surface area (Å²) in [5.41, 5.74) is 6.82. The van der Waals surface area contributed by atoms with Crippen molar-refractivity contribution in [3.05, 3.63) is 23.7 Å². The van der Waals surface area contributed by atoms with Gasteiger partial charge in [0.25, 0.3) is 0 Å². The zero-order valence-electron chi connectivity index (χ0n) is 10.5. The number of nitrogens with zero attached hydrogens (tertiary/aromatic N) is 1. The van der Waals surface area contributed by atoms with Gasteiger partial charge in [-0.2, -0.15) is 0 Å². The first-order valence-corrected chi connectivity index (χ1v) is 6.31. The number of hydrogen-bond donors (Lipinski definition) is 1. The molecule has 4 nitrogen and oxygen atoms in total. The van der Waals surface area contributed by atoms with Gasteiger partial charge in [0, 0.05) is 25.3 Å². The summed E-state index contributed by atoms with van der Waals surface area (Å²) in [5, 5.41) is 0. The molecule has 0 radical (unpaired) electrons. The van der Waals surface area contributed by atoms with Crippen LogP contribution in [0.4, 0.5) is 0 Å². The van der Waals surface area contributed by atoms with Crippen molar-refractivity contribution in [2.45, 2.75) is 25.9 Å². The molecular formula is C13H22N2O2. The van der Waals surface area contributed by atoms with Crippen LogP contribution in [0.2, 0.25) is 0 Å². The minimum atomic E-state index is 0.475. The van der Waals surface area contributed by atoms with E-state index in [1.54, 1.807) is 6.26 Å². The summed E-state index contributed by atoms with van der Waals surface area (Å²) in [4.78, 5) is 2.32. The van der Waals surface area contributed by atoms with Crippen molar-refractivity contribution in [1.29, 1.82) is 0 Å². The summed E-state index contributed by atoms with van der Waals surface area (Å²) < 4.78 is 10.8. The zero-order chi connectivity index (χ0) is 12.1. The maximum Gasteiger partial charge on any atom is 0.121 e. The Kier molecular flexibility index (Phi) is 4.59. The Morgan fingerprint density at radius 3 is 3.12 bits per heavy atom. The lowest BCUT2D eigenvalue weighted by molar-refractivity contribution is 0.0411. The van der Waals surface area contributed by atoms with Crippen molar-refractivity contribution in [3.8, 4) is 0 Å². The van der Waals surface area contributed by atoms with Gasteiger partial charge in [0.2, 0.25) is 0 Å². The van der Waals surface area contributed by atoms with Crippen LogP contribution in [-0.4, -0.2) is 31.7 Å². The Morgan fingerprint density at radius 2 is 2.41 bits per heavy atom. The van der Waals surface area contributed by atoms with Crippen molar-refractivity contribution in [3.63, 3.8) is 0 Å². The number of rotatable bonds is 5. The van der Waals surface area contributed by atoms with E-state index in [1.165, 1.54) is 18.4 Å². The van der Waals surface area contributed by atoms with Crippen LogP contribution >= 0.6 is 0 Å². The van der Waals surface area contributed by atoms with Gasteiger partial charge in [-0.25, -0.2) is 0 Å². The largest absolute Gasteiger partial charge is 0.468 e. The molecule has 2 N–H and O–H groups in total. The standard InChI is InChI=1S/C13H22N2O2/c1-15(8-11-3-2-5-16-10-11)9-12-4-6-17-13(12)7-14/h4,6,11H,2-3,5,7-10,14H2,1H3. The summed E-state index contributed by atoms with van der Waals surface area (Å²) in [6.45, 7) is 4.29. The molecule has 2 heterocycles. The Morgan fingerprint density at radius 1 is 1.53 bits per heavy atom. The first-order chi connectivity index (χ1) is 8.29. The van der Waals surface area contributed by atoms with Crippen molar-refractivity contribution in [2.24, 2.45) is 11.7 Å². The molecule has 0 amide bonds. The lowest BCUT2D eigenvalue weighted by Crippen LogP contribution is -2.30. The average Bonchev–Trinajstić information content (AvgIpc) is 2.77. The summed E-state index contributed by atoms with van der Waals surface area (Å²) >= 11 is 0. The van der Waals surface area contributed by atoms with Crippen LogP contribution in [-0.2, 0) is 17.8 Å². The molecule has 1 atom stereocenters. The molecule has 1 aliphatic rings. The summed E-state index contributed by atoms with van der Waals surface area (Å²) in [7, 11) is 2.14. The van der Waals surface area contributed by atoms with E-state index in [9.17, 15) is 0 Å². The zero-order valence-corrected chi connectivity index (χ0v) is 10.5. The number of nitrogens with two attached hydrogens (primary N) is 1. The second kappa shape index (κ2) is 6.19. The van der Waals surface area contributed by atoms with E-state index >= 15 is 0 Å². The monoisotopic (exact) mass is 238 g/mol. The third-order valence-corrected chi connectivity index (χ3v) is 3.29. The minimum Gasteiger partial charge on any atom is -0.468 e. The van der Waals surface area contributed by atoms with Gasteiger partial charge in [-0.1, -0.05) is 0 Å². The highest BCUT2D eigenvalue weighted by atomic mass is 16.5. The molecule has 2 rings (SSSR count).